The molecule has 1 unspecified atom stereocenters. The second kappa shape index (κ2) is 9.22. The van der Waals surface area contributed by atoms with E-state index in [1.807, 2.05) is 45.6 Å². The van der Waals surface area contributed by atoms with Gasteiger partial charge in [-0.25, -0.2) is 4.98 Å². The fourth-order valence-corrected chi connectivity index (χ4v) is 4.19. The van der Waals surface area contributed by atoms with E-state index < -0.39 is 0 Å². The van der Waals surface area contributed by atoms with E-state index in [0.29, 0.717) is 6.42 Å². The quantitative estimate of drug-likeness (QED) is 0.696. The number of rotatable bonds is 8. The van der Waals surface area contributed by atoms with Gasteiger partial charge in [-0.2, -0.15) is 0 Å². The van der Waals surface area contributed by atoms with Gasteiger partial charge in [0.1, 0.15) is 12.4 Å². The number of para-hydroxylation sites is 2. The minimum atomic E-state index is -0.0431. The van der Waals surface area contributed by atoms with Crippen LogP contribution in [-0.4, -0.2) is 50.8 Å². The number of aromatic nitrogens is 2. The topological polar surface area (TPSA) is 58.4 Å². The Balaban J connectivity index is 1.97. The molecule has 1 aromatic carbocycles. The molecule has 2 heterocycles. The van der Waals surface area contributed by atoms with E-state index in [0.717, 1.165) is 62.2 Å². The summed E-state index contributed by atoms with van der Waals surface area (Å²) in [5.74, 6) is 1.13. The zero-order valence-corrected chi connectivity index (χ0v) is 17.4. The van der Waals surface area contributed by atoms with Gasteiger partial charge in [-0.15, -0.1) is 0 Å². The molecule has 1 saturated heterocycles. The number of hydrogen-bond acceptors (Lipinski definition) is 3. The molecule has 6 heteroatoms. The number of carbonyl (C=O) groups is 2. The first-order chi connectivity index (χ1) is 13.6. The SMILES string of the molecule is CCCN(CCC)C(=O)Cn1c(C2CCCN2C(=O)CC)nc2ccccc21. The smallest absolute Gasteiger partial charge is 0.242 e. The number of nitrogens with zero attached hydrogens (tertiary/aromatic N) is 4. The lowest BCUT2D eigenvalue weighted by Crippen LogP contribution is -2.36. The zero-order chi connectivity index (χ0) is 20.1. The molecule has 2 aromatic rings. The average Bonchev–Trinajstić information content (AvgIpc) is 3.32. The first-order valence-electron chi connectivity index (χ1n) is 10.6. The van der Waals surface area contributed by atoms with Crippen LogP contribution in [0.2, 0.25) is 0 Å². The Hall–Kier alpha value is -2.37. The maximum absolute atomic E-state index is 13.1. The normalized spacial score (nSPS) is 16.7. The van der Waals surface area contributed by atoms with E-state index in [1.165, 1.54) is 0 Å². The molecule has 1 aromatic heterocycles. The van der Waals surface area contributed by atoms with Gasteiger partial charge in [0.2, 0.25) is 11.8 Å². The minimum Gasteiger partial charge on any atom is -0.341 e. The molecule has 0 aliphatic carbocycles. The molecule has 152 valence electrons. The maximum atomic E-state index is 13.1. The van der Waals surface area contributed by atoms with Gasteiger partial charge in [-0.3, -0.25) is 9.59 Å². The summed E-state index contributed by atoms with van der Waals surface area (Å²) in [4.78, 5) is 34.3. The van der Waals surface area contributed by atoms with Crippen LogP contribution in [0.5, 0.6) is 0 Å². The summed E-state index contributed by atoms with van der Waals surface area (Å²) in [6.07, 6.45) is 4.27. The van der Waals surface area contributed by atoms with Crippen LogP contribution < -0.4 is 0 Å². The number of hydrogen-bond donors (Lipinski definition) is 0. The van der Waals surface area contributed by atoms with Gasteiger partial charge >= 0.3 is 0 Å². The highest BCUT2D eigenvalue weighted by Crippen LogP contribution is 2.34. The van der Waals surface area contributed by atoms with E-state index in [4.69, 9.17) is 4.98 Å². The summed E-state index contributed by atoms with van der Waals surface area (Å²) in [5.41, 5.74) is 1.85. The number of benzene rings is 1. The van der Waals surface area contributed by atoms with E-state index in [9.17, 15) is 9.59 Å². The number of fused-ring (bicyclic) bond motifs is 1. The molecule has 1 atom stereocenters. The second-order valence-electron chi connectivity index (χ2n) is 7.52. The molecule has 0 radical (unpaired) electrons. The van der Waals surface area contributed by atoms with Crippen LogP contribution in [0.15, 0.2) is 24.3 Å². The lowest BCUT2D eigenvalue weighted by molar-refractivity contribution is -0.131. The van der Waals surface area contributed by atoms with Gasteiger partial charge in [0.05, 0.1) is 17.1 Å². The summed E-state index contributed by atoms with van der Waals surface area (Å²) in [7, 11) is 0. The van der Waals surface area contributed by atoms with Crippen molar-refractivity contribution in [3.05, 3.63) is 30.1 Å². The van der Waals surface area contributed by atoms with Gasteiger partial charge in [0.25, 0.3) is 0 Å². The summed E-state index contributed by atoms with van der Waals surface area (Å²) in [6.45, 7) is 8.70. The Morgan fingerprint density at radius 2 is 1.86 bits per heavy atom. The van der Waals surface area contributed by atoms with Crippen LogP contribution in [0, 0.1) is 0 Å². The molecule has 28 heavy (non-hydrogen) atoms. The highest BCUT2D eigenvalue weighted by Gasteiger charge is 2.33. The van der Waals surface area contributed by atoms with Crippen molar-refractivity contribution >= 4 is 22.8 Å². The number of likely N-dealkylation sites (tertiary alicyclic amines) is 1. The molecule has 0 saturated carbocycles. The van der Waals surface area contributed by atoms with Gasteiger partial charge < -0.3 is 14.4 Å². The number of amides is 2. The van der Waals surface area contributed by atoms with E-state index >= 15 is 0 Å². The van der Waals surface area contributed by atoms with Crippen molar-refractivity contribution in [1.29, 1.82) is 0 Å². The Kier molecular flexibility index (Phi) is 6.70. The Bertz CT molecular complexity index is 823. The molecule has 0 spiro atoms. The van der Waals surface area contributed by atoms with Crippen molar-refractivity contribution in [1.82, 2.24) is 19.4 Å². The first kappa shape index (κ1) is 20.4. The van der Waals surface area contributed by atoms with Gasteiger partial charge in [-0.1, -0.05) is 32.9 Å². The second-order valence-corrected chi connectivity index (χ2v) is 7.52. The Morgan fingerprint density at radius 3 is 2.54 bits per heavy atom. The van der Waals surface area contributed by atoms with Crippen LogP contribution in [0.1, 0.15) is 64.7 Å². The molecular weight excluding hydrogens is 352 g/mol. The lowest BCUT2D eigenvalue weighted by Gasteiger charge is -2.26. The minimum absolute atomic E-state index is 0.0431. The standard InChI is InChI=1S/C22H32N4O2/c1-4-13-24(14-5-2)21(28)16-26-18-11-8-7-10-17(18)23-22(26)19-12-9-15-25(19)20(27)6-3/h7-8,10-11,19H,4-6,9,12-16H2,1-3H3. The molecular formula is C22H32N4O2. The van der Waals surface area contributed by atoms with Crippen molar-refractivity contribution in [2.45, 2.75) is 65.5 Å². The van der Waals surface area contributed by atoms with Crippen molar-refractivity contribution in [3.63, 3.8) is 0 Å². The Morgan fingerprint density at radius 1 is 1.14 bits per heavy atom. The van der Waals surface area contributed by atoms with Crippen molar-refractivity contribution in [2.75, 3.05) is 19.6 Å². The predicted octanol–water partition coefficient (Wildman–Crippen LogP) is 3.76. The molecule has 1 aliphatic heterocycles. The largest absolute Gasteiger partial charge is 0.341 e. The van der Waals surface area contributed by atoms with E-state index in [-0.39, 0.29) is 24.4 Å². The van der Waals surface area contributed by atoms with E-state index in [2.05, 4.69) is 13.8 Å². The third-order valence-corrected chi connectivity index (χ3v) is 5.49. The van der Waals surface area contributed by atoms with Crippen LogP contribution >= 0.6 is 0 Å². The first-order valence-corrected chi connectivity index (χ1v) is 10.6. The molecule has 1 aliphatic rings. The third kappa shape index (κ3) is 4.05. The highest BCUT2D eigenvalue weighted by molar-refractivity contribution is 5.82. The van der Waals surface area contributed by atoms with Crippen LogP contribution in [-0.2, 0) is 16.1 Å². The van der Waals surface area contributed by atoms with Gasteiger partial charge in [-0.05, 0) is 37.8 Å². The average molecular weight is 385 g/mol. The van der Waals surface area contributed by atoms with Crippen LogP contribution in [0.25, 0.3) is 11.0 Å². The van der Waals surface area contributed by atoms with Gasteiger partial charge in [0, 0.05) is 26.1 Å². The van der Waals surface area contributed by atoms with Crippen molar-refractivity contribution in [2.24, 2.45) is 0 Å². The third-order valence-electron chi connectivity index (χ3n) is 5.49. The molecule has 3 rings (SSSR count). The predicted molar refractivity (Wildman–Crippen MR) is 111 cm³/mol. The number of carbonyl (C=O) groups excluding carboxylic acids is 2. The molecule has 1 fully saturated rings. The van der Waals surface area contributed by atoms with Crippen LogP contribution in [0.3, 0.4) is 0 Å². The summed E-state index contributed by atoms with van der Waals surface area (Å²) < 4.78 is 2.04. The molecule has 6 nitrogen and oxygen atoms in total. The zero-order valence-electron chi connectivity index (χ0n) is 17.4. The van der Waals surface area contributed by atoms with E-state index in [1.54, 1.807) is 0 Å². The lowest BCUT2D eigenvalue weighted by atomic mass is 10.2. The monoisotopic (exact) mass is 384 g/mol. The highest BCUT2D eigenvalue weighted by atomic mass is 16.2. The fraction of sp³-hybridized carbons (Fsp3) is 0.591. The number of imidazole rings is 1. The van der Waals surface area contributed by atoms with Gasteiger partial charge in [0.15, 0.2) is 0 Å². The molecule has 2 amide bonds. The Labute approximate surface area is 167 Å². The molecule has 0 bridgehead atoms. The van der Waals surface area contributed by atoms with Crippen LogP contribution in [0.4, 0.5) is 0 Å². The summed E-state index contributed by atoms with van der Waals surface area (Å²) in [6, 6.07) is 7.91. The fourth-order valence-electron chi connectivity index (χ4n) is 4.19. The van der Waals surface area contributed by atoms with Crippen molar-refractivity contribution < 1.29 is 9.59 Å². The molecule has 0 N–H and O–H groups in total. The maximum Gasteiger partial charge on any atom is 0.242 e. The van der Waals surface area contributed by atoms with Crippen molar-refractivity contribution in [3.8, 4) is 0 Å². The summed E-state index contributed by atoms with van der Waals surface area (Å²) >= 11 is 0. The summed E-state index contributed by atoms with van der Waals surface area (Å²) in [5, 5.41) is 0.